The number of rotatable bonds is 5. The number of aromatic nitrogens is 3. The van der Waals surface area contributed by atoms with Crippen LogP contribution in [0.25, 0.3) is 0 Å². The van der Waals surface area contributed by atoms with Crippen LogP contribution in [0.1, 0.15) is 25.1 Å². The lowest BCUT2D eigenvalue weighted by molar-refractivity contribution is -0.107. The van der Waals surface area contributed by atoms with Gasteiger partial charge in [0.25, 0.3) is 0 Å². The standard InChI is InChI=1S/C8H10N4O/c9-6-8-10-7-11-12(8)4-2-1-3-5-13/h5,7H,1-4H2. The number of nitrogens with zero attached hydrogens (tertiary/aromatic N) is 4. The van der Waals surface area contributed by atoms with Gasteiger partial charge in [0, 0.05) is 13.0 Å². The maximum Gasteiger partial charge on any atom is 0.230 e. The lowest BCUT2D eigenvalue weighted by atomic mass is 10.2. The number of aryl methyl sites for hydroxylation is 1. The van der Waals surface area contributed by atoms with Gasteiger partial charge in [-0.25, -0.2) is 9.67 Å². The van der Waals surface area contributed by atoms with E-state index in [1.165, 1.54) is 6.33 Å². The van der Waals surface area contributed by atoms with Crippen molar-refractivity contribution in [2.24, 2.45) is 0 Å². The molecule has 0 saturated carbocycles. The third-order valence-corrected chi connectivity index (χ3v) is 1.66. The first-order valence-electron chi connectivity index (χ1n) is 4.10. The summed E-state index contributed by atoms with van der Waals surface area (Å²) >= 11 is 0. The smallest absolute Gasteiger partial charge is 0.230 e. The van der Waals surface area contributed by atoms with Gasteiger partial charge in [0.2, 0.25) is 5.82 Å². The molecule has 5 nitrogen and oxygen atoms in total. The molecule has 13 heavy (non-hydrogen) atoms. The third kappa shape index (κ3) is 2.67. The molecule has 0 bridgehead atoms. The average Bonchev–Trinajstić information content (AvgIpc) is 2.60. The number of hydrogen-bond donors (Lipinski definition) is 0. The number of aldehydes is 1. The highest BCUT2D eigenvalue weighted by Gasteiger charge is 2.00. The van der Waals surface area contributed by atoms with Crippen LogP contribution < -0.4 is 0 Å². The Labute approximate surface area is 76.0 Å². The molecule has 0 saturated heterocycles. The minimum absolute atomic E-state index is 0.325. The zero-order valence-corrected chi connectivity index (χ0v) is 7.18. The van der Waals surface area contributed by atoms with Gasteiger partial charge >= 0.3 is 0 Å². The van der Waals surface area contributed by atoms with Gasteiger partial charge in [-0.15, -0.1) is 0 Å². The van der Waals surface area contributed by atoms with Gasteiger partial charge in [-0.2, -0.15) is 10.4 Å². The quantitative estimate of drug-likeness (QED) is 0.486. The number of nitriles is 1. The van der Waals surface area contributed by atoms with Gasteiger partial charge in [-0.1, -0.05) is 0 Å². The van der Waals surface area contributed by atoms with Crippen molar-refractivity contribution in [1.29, 1.82) is 5.26 Å². The number of carbonyl (C=O) groups is 1. The highest BCUT2D eigenvalue weighted by atomic mass is 16.1. The van der Waals surface area contributed by atoms with Gasteiger partial charge < -0.3 is 4.79 Å². The van der Waals surface area contributed by atoms with Crippen LogP contribution in [0.4, 0.5) is 0 Å². The predicted molar refractivity (Wildman–Crippen MR) is 44.7 cm³/mol. The lowest BCUT2D eigenvalue weighted by Gasteiger charge is -1.98. The minimum Gasteiger partial charge on any atom is -0.303 e. The molecule has 5 heteroatoms. The zero-order valence-electron chi connectivity index (χ0n) is 7.18. The summed E-state index contributed by atoms with van der Waals surface area (Å²) < 4.78 is 1.55. The van der Waals surface area contributed by atoms with Crippen LogP contribution in [0.5, 0.6) is 0 Å². The fraction of sp³-hybridized carbons (Fsp3) is 0.500. The van der Waals surface area contributed by atoms with Gasteiger partial charge in [0.15, 0.2) is 0 Å². The summed E-state index contributed by atoms with van der Waals surface area (Å²) in [5.41, 5.74) is 0. The molecule has 1 rings (SSSR count). The van der Waals surface area contributed by atoms with E-state index in [0.717, 1.165) is 19.1 Å². The van der Waals surface area contributed by atoms with Crippen molar-refractivity contribution in [2.45, 2.75) is 25.8 Å². The van der Waals surface area contributed by atoms with Crippen LogP contribution in [0.2, 0.25) is 0 Å². The van der Waals surface area contributed by atoms with Gasteiger partial charge in [0.05, 0.1) is 0 Å². The summed E-state index contributed by atoms with van der Waals surface area (Å²) in [6.45, 7) is 0.650. The monoisotopic (exact) mass is 178 g/mol. The second kappa shape index (κ2) is 5.04. The summed E-state index contributed by atoms with van der Waals surface area (Å²) in [6.07, 6.45) is 4.49. The van der Waals surface area contributed by atoms with Gasteiger partial charge in [-0.3, -0.25) is 0 Å². The average molecular weight is 178 g/mol. The van der Waals surface area contributed by atoms with E-state index in [1.807, 2.05) is 6.07 Å². The van der Waals surface area contributed by atoms with Crippen molar-refractivity contribution < 1.29 is 4.79 Å². The lowest BCUT2D eigenvalue weighted by Crippen LogP contribution is -2.03. The van der Waals surface area contributed by atoms with Crippen molar-refractivity contribution in [2.75, 3.05) is 0 Å². The molecule has 0 spiro atoms. The van der Waals surface area contributed by atoms with E-state index in [1.54, 1.807) is 4.68 Å². The second-order valence-corrected chi connectivity index (χ2v) is 2.58. The first-order chi connectivity index (χ1) is 6.38. The van der Waals surface area contributed by atoms with Crippen molar-refractivity contribution >= 4 is 6.29 Å². The zero-order chi connectivity index (χ0) is 9.52. The van der Waals surface area contributed by atoms with Crippen LogP contribution in [-0.2, 0) is 11.3 Å². The van der Waals surface area contributed by atoms with Crippen molar-refractivity contribution in [3.8, 4) is 6.07 Å². The molecule has 0 aliphatic heterocycles. The fourth-order valence-electron chi connectivity index (χ4n) is 1.00. The van der Waals surface area contributed by atoms with Crippen LogP contribution in [0.3, 0.4) is 0 Å². The van der Waals surface area contributed by atoms with Crippen molar-refractivity contribution in [1.82, 2.24) is 14.8 Å². The molecular weight excluding hydrogens is 168 g/mol. The van der Waals surface area contributed by atoms with Crippen molar-refractivity contribution in [3.63, 3.8) is 0 Å². The molecule has 0 radical (unpaired) electrons. The number of hydrogen-bond acceptors (Lipinski definition) is 4. The largest absolute Gasteiger partial charge is 0.303 e. The second-order valence-electron chi connectivity index (χ2n) is 2.58. The Kier molecular flexibility index (Phi) is 3.64. The molecule has 0 fully saturated rings. The molecule has 68 valence electrons. The summed E-state index contributed by atoms with van der Waals surface area (Å²) in [6, 6.07) is 1.94. The molecular formula is C8H10N4O. The molecule has 0 aromatic carbocycles. The number of carbonyl (C=O) groups excluding carboxylic acids is 1. The van der Waals surface area contributed by atoms with Gasteiger partial charge in [0.1, 0.15) is 18.7 Å². The minimum atomic E-state index is 0.325. The Morgan fingerprint density at radius 2 is 2.46 bits per heavy atom. The molecule has 0 unspecified atom stereocenters. The molecule has 0 amide bonds. The summed E-state index contributed by atoms with van der Waals surface area (Å²) in [5.74, 6) is 0.325. The molecule has 0 N–H and O–H groups in total. The van der Waals surface area contributed by atoms with Crippen LogP contribution >= 0.6 is 0 Å². The third-order valence-electron chi connectivity index (χ3n) is 1.66. The first-order valence-corrected chi connectivity index (χ1v) is 4.10. The highest BCUT2D eigenvalue weighted by Crippen LogP contribution is 1.98. The Morgan fingerprint density at radius 3 is 3.15 bits per heavy atom. The van der Waals surface area contributed by atoms with Crippen LogP contribution in [0, 0.1) is 11.3 Å². The molecule has 0 aliphatic rings. The topological polar surface area (TPSA) is 71.6 Å². The van der Waals surface area contributed by atoms with E-state index < -0.39 is 0 Å². The van der Waals surface area contributed by atoms with E-state index in [-0.39, 0.29) is 0 Å². The van der Waals surface area contributed by atoms with E-state index in [4.69, 9.17) is 5.26 Å². The molecule has 1 heterocycles. The highest BCUT2D eigenvalue weighted by molar-refractivity contribution is 5.48. The summed E-state index contributed by atoms with van der Waals surface area (Å²) in [5, 5.41) is 12.5. The maximum absolute atomic E-state index is 10.0. The SMILES string of the molecule is N#Cc1ncnn1CCCCC=O. The van der Waals surface area contributed by atoms with Crippen LogP contribution in [-0.4, -0.2) is 21.1 Å². The first kappa shape index (κ1) is 9.39. The summed E-state index contributed by atoms with van der Waals surface area (Å²) in [4.78, 5) is 13.8. The fourth-order valence-corrected chi connectivity index (χ4v) is 1.00. The normalized spacial score (nSPS) is 9.46. The Bertz CT molecular complexity index is 312. The maximum atomic E-state index is 10.0. The Hall–Kier alpha value is -1.70. The molecule has 1 aromatic heterocycles. The van der Waals surface area contributed by atoms with Gasteiger partial charge in [-0.05, 0) is 12.8 Å². The molecule has 1 aromatic rings. The van der Waals surface area contributed by atoms with E-state index in [0.29, 0.717) is 18.8 Å². The van der Waals surface area contributed by atoms with E-state index >= 15 is 0 Å². The van der Waals surface area contributed by atoms with E-state index in [9.17, 15) is 4.79 Å². The van der Waals surface area contributed by atoms with E-state index in [2.05, 4.69) is 10.1 Å². The summed E-state index contributed by atoms with van der Waals surface area (Å²) in [7, 11) is 0. The molecule has 0 aliphatic carbocycles. The predicted octanol–water partition coefficient (Wildman–Crippen LogP) is 0.519. The Morgan fingerprint density at radius 1 is 1.62 bits per heavy atom. The van der Waals surface area contributed by atoms with Crippen molar-refractivity contribution in [3.05, 3.63) is 12.2 Å². The molecule has 0 atom stereocenters. The Balaban J connectivity index is 2.37. The van der Waals surface area contributed by atoms with Crippen LogP contribution in [0.15, 0.2) is 6.33 Å². The number of unbranched alkanes of at least 4 members (excludes halogenated alkanes) is 2.